The Kier molecular flexibility index (Phi) is 8.20. The molecule has 0 saturated carbocycles. The maximum Gasteiger partial charge on any atom is 0.347 e. The molecule has 0 radical (unpaired) electrons. The molecule has 1 atom stereocenters. The van der Waals surface area contributed by atoms with E-state index in [1.165, 1.54) is 13.0 Å². The van der Waals surface area contributed by atoms with E-state index in [9.17, 15) is 9.59 Å². The normalized spacial score (nSPS) is 11.9. The lowest BCUT2D eigenvalue weighted by molar-refractivity contribution is -0.154. The summed E-state index contributed by atoms with van der Waals surface area (Å²) in [6.45, 7) is 5.14. The van der Waals surface area contributed by atoms with E-state index in [2.05, 4.69) is 5.32 Å². The van der Waals surface area contributed by atoms with Gasteiger partial charge < -0.3 is 14.8 Å². The fraction of sp³-hybridized carbons (Fsp3) is 0.500. The van der Waals surface area contributed by atoms with Gasteiger partial charge in [-0.05, 0) is 38.0 Å². The molecule has 0 unspecified atom stereocenters. The van der Waals surface area contributed by atoms with Crippen LogP contribution in [0.1, 0.15) is 33.6 Å². The van der Waals surface area contributed by atoms with Crippen LogP contribution >= 0.6 is 23.2 Å². The van der Waals surface area contributed by atoms with Crippen molar-refractivity contribution in [2.75, 3.05) is 6.61 Å². The Morgan fingerprint density at radius 1 is 1.22 bits per heavy atom. The van der Waals surface area contributed by atoms with E-state index >= 15 is 0 Å². The second-order valence-electron chi connectivity index (χ2n) is 5.02. The molecule has 1 aromatic rings. The quantitative estimate of drug-likeness (QED) is 0.718. The summed E-state index contributed by atoms with van der Waals surface area (Å²) in [5.74, 6) is -0.651. The lowest BCUT2D eigenvalue weighted by atomic mass is 10.2. The minimum absolute atomic E-state index is 0.0859. The molecule has 0 spiro atoms. The van der Waals surface area contributed by atoms with Crippen LogP contribution in [0.25, 0.3) is 0 Å². The summed E-state index contributed by atoms with van der Waals surface area (Å²) in [4.78, 5) is 23.5. The van der Waals surface area contributed by atoms with E-state index in [4.69, 9.17) is 32.7 Å². The fourth-order valence-corrected chi connectivity index (χ4v) is 2.28. The Balaban J connectivity index is 2.46. The Hall–Kier alpha value is -1.46. The molecular weight excluding hydrogens is 341 g/mol. The van der Waals surface area contributed by atoms with Crippen LogP contribution in [0.3, 0.4) is 0 Å². The summed E-state index contributed by atoms with van der Waals surface area (Å²) < 4.78 is 10.4. The van der Waals surface area contributed by atoms with E-state index in [-0.39, 0.29) is 18.6 Å². The predicted molar refractivity (Wildman–Crippen MR) is 90.0 cm³/mol. The number of benzene rings is 1. The lowest BCUT2D eigenvalue weighted by Gasteiger charge is -2.17. The van der Waals surface area contributed by atoms with Crippen LogP contribution in [0.5, 0.6) is 5.75 Å². The van der Waals surface area contributed by atoms with Gasteiger partial charge in [-0.2, -0.15) is 0 Å². The van der Waals surface area contributed by atoms with E-state index in [1.807, 2.05) is 13.8 Å². The van der Waals surface area contributed by atoms with Gasteiger partial charge >= 0.3 is 5.97 Å². The van der Waals surface area contributed by atoms with Crippen molar-refractivity contribution in [3.05, 3.63) is 28.2 Å². The molecule has 0 bridgehead atoms. The molecule has 7 heteroatoms. The van der Waals surface area contributed by atoms with Gasteiger partial charge in [0.2, 0.25) is 0 Å². The summed E-state index contributed by atoms with van der Waals surface area (Å²) in [6.07, 6.45) is 0.754. The second-order valence-corrected chi connectivity index (χ2v) is 5.87. The third-order valence-electron chi connectivity index (χ3n) is 3.23. The molecule has 1 N–H and O–H groups in total. The first-order valence-electron chi connectivity index (χ1n) is 7.45. The molecule has 0 aliphatic rings. The van der Waals surface area contributed by atoms with Gasteiger partial charge in [0, 0.05) is 11.1 Å². The maximum absolute atomic E-state index is 11.9. The van der Waals surface area contributed by atoms with Crippen molar-refractivity contribution in [1.29, 1.82) is 0 Å². The van der Waals surface area contributed by atoms with Crippen LogP contribution in [0, 0.1) is 0 Å². The van der Waals surface area contributed by atoms with Crippen LogP contribution in [0.2, 0.25) is 10.0 Å². The lowest BCUT2D eigenvalue weighted by Crippen LogP contribution is -2.38. The monoisotopic (exact) mass is 361 g/mol. The standard InChI is InChI=1S/C16H21Cl2NO4/c1-4-12(5-2)19-15(20)9-22-16(21)10(3)23-14-7-6-11(17)8-13(14)18/h6-8,10,12H,4-5,9H2,1-3H3,(H,19,20)/t10-/m1/s1. The fourth-order valence-electron chi connectivity index (χ4n) is 1.83. The average Bonchev–Trinajstić information content (AvgIpc) is 2.52. The Bertz CT molecular complexity index is 547. The van der Waals surface area contributed by atoms with Crippen molar-refractivity contribution >= 4 is 35.1 Å². The van der Waals surface area contributed by atoms with Crippen molar-refractivity contribution in [3.8, 4) is 5.75 Å². The second kappa shape index (κ2) is 9.63. The van der Waals surface area contributed by atoms with E-state index in [0.717, 1.165) is 12.8 Å². The summed E-state index contributed by atoms with van der Waals surface area (Å²) in [5.41, 5.74) is 0. The molecule has 0 aromatic heterocycles. The van der Waals surface area contributed by atoms with Gasteiger partial charge in [-0.3, -0.25) is 4.79 Å². The number of ether oxygens (including phenoxy) is 2. The molecule has 1 aromatic carbocycles. The van der Waals surface area contributed by atoms with Gasteiger partial charge in [-0.15, -0.1) is 0 Å². The highest BCUT2D eigenvalue weighted by Crippen LogP contribution is 2.28. The van der Waals surface area contributed by atoms with Crippen LogP contribution in [-0.4, -0.2) is 30.6 Å². The largest absolute Gasteiger partial charge is 0.477 e. The summed E-state index contributed by atoms with van der Waals surface area (Å²) >= 11 is 11.8. The van der Waals surface area contributed by atoms with Crippen LogP contribution in [0.15, 0.2) is 18.2 Å². The van der Waals surface area contributed by atoms with Crippen LogP contribution < -0.4 is 10.1 Å². The third-order valence-corrected chi connectivity index (χ3v) is 3.76. The van der Waals surface area contributed by atoms with Gasteiger partial charge in [-0.1, -0.05) is 37.0 Å². The number of amides is 1. The zero-order valence-electron chi connectivity index (χ0n) is 13.4. The number of carbonyl (C=O) groups is 2. The molecule has 23 heavy (non-hydrogen) atoms. The number of carbonyl (C=O) groups excluding carboxylic acids is 2. The van der Waals surface area contributed by atoms with Crippen molar-refractivity contribution in [1.82, 2.24) is 5.32 Å². The molecule has 0 heterocycles. The summed E-state index contributed by atoms with van der Waals surface area (Å²) in [5, 5.41) is 3.55. The highest BCUT2D eigenvalue weighted by atomic mass is 35.5. The molecule has 0 saturated heterocycles. The molecule has 1 amide bonds. The number of hydrogen-bond acceptors (Lipinski definition) is 4. The predicted octanol–water partition coefficient (Wildman–Crippen LogP) is 3.61. The van der Waals surface area contributed by atoms with Crippen molar-refractivity contribution in [2.24, 2.45) is 0 Å². The molecule has 0 aliphatic heterocycles. The molecule has 5 nitrogen and oxygen atoms in total. The first-order valence-corrected chi connectivity index (χ1v) is 8.20. The maximum atomic E-state index is 11.9. The highest BCUT2D eigenvalue weighted by molar-refractivity contribution is 6.35. The van der Waals surface area contributed by atoms with Crippen molar-refractivity contribution in [2.45, 2.75) is 45.8 Å². The zero-order chi connectivity index (χ0) is 17.4. The first kappa shape index (κ1) is 19.6. The van der Waals surface area contributed by atoms with Gasteiger partial charge in [0.1, 0.15) is 5.75 Å². The number of rotatable bonds is 8. The number of hydrogen-bond donors (Lipinski definition) is 1. The van der Waals surface area contributed by atoms with Gasteiger partial charge in [0.15, 0.2) is 12.7 Å². The van der Waals surface area contributed by atoms with Crippen molar-refractivity contribution in [3.63, 3.8) is 0 Å². The molecule has 0 fully saturated rings. The highest BCUT2D eigenvalue weighted by Gasteiger charge is 2.19. The van der Waals surface area contributed by atoms with Crippen molar-refractivity contribution < 1.29 is 19.1 Å². The number of esters is 1. The first-order chi connectivity index (χ1) is 10.9. The van der Waals surface area contributed by atoms with E-state index < -0.39 is 12.1 Å². The SMILES string of the molecule is CCC(CC)NC(=O)COC(=O)[C@@H](C)Oc1ccc(Cl)cc1Cl. The Morgan fingerprint density at radius 2 is 1.87 bits per heavy atom. The Labute approximate surface area is 146 Å². The van der Waals surface area contributed by atoms with Crippen LogP contribution in [-0.2, 0) is 14.3 Å². The van der Waals surface area contributed by atoms with E-state index in [1.54, 1.807) is 12.1 Å². The average molecular weight is 362 g/mol. The van der Waals surface area contributed by atoms with Gasteiger partial charge in [0.05, 0.1) is 5.02 Å². The molecular formula is C16H21Cl2NO4. The topological polar surface area (TPSA) is 64.6 Å². The summed E-state index contributed by atoms with van der Waals surface area (Å²) in [6, 6.07) is 4.76. The number of nitrogens with one attached hydrogen (secondary N) is 1. The van der Waals surface area contributed by atoms with Crippen LogP contribution in [0.4, 0.5) is 0 Å². The van der Waals surface area contributed by atoms with Gasteiger partial charge in [-0.25, -0.2) is 4.79 Å². The molecule has 0 aliphatic carbocycles. The van der Waals surface area contributed by atoms with Gasteiger partial charge in [0.25, 0.3) is 5.91 Å². The molecule has 128 valence electrons. The smallest absolute Gasteiger partial charge is 0.347 e. The molecule has 1 rings (SSSR count). The minimum Gasteiger partial charge on any atom is -0.477 e. The summed E-state index contributed by atoms with van der Waals surface area (Å²) in [7, 11) is 0. The third kappa shape index (κ3) is 6.67. The Morgan fingerprint density at radius 3 is 2.43 bits per heavy atom. The number of halogens is 2. The van der Waals surface area contributed by atoms with E-state index in [0.29, 0.717) is 15.8 Å². The minimum atomic E-state index is -0.894. The zero-order valence-corrected chi connectivity index (χ0v) is 14.9.